The summed E-state index contributed by atoms with van der Waals surface area (Å²) in [6.45, 7) is 7.20. The number of rotatable bonds is 8. The molecule has 1 atom stereocenters. The molecule has 1 aliphatic heterocycles. The average molecular weight is 447 g/mol. The van der Waals surface area contributed by atoms with Crippen LogP contribution in [0.1, 0.15) is 55.6 Å². The third-order valence-corrected chi connectivity index (χ3v) is 7.03. The summed E-state index contributed by atoms with van der Waals surface area (Å²) >= 11 is 0. The minimum absolute atomic E-state index is 0.139. The van der Waals surface area contributed by atoms with E-state index in [1.165, 1.54) is 4.31 Å². The minimum atomic E-state index is -3.33. The second kappa shape index (κ2) is 10.0. The molecule has 2 aromatic carbocycles. The molecule has 0 spiro atoms. The number of ether oxygens (including phenoxy) is 2. The van der Waals surface area contributed by atoms with E-state index in [4.69, 9.17) is 9.47 Å². The van der Waals surface area contributed by atoms with Crippen molar-refractivity contribution in [1.29, 1.82) is 0 Å². The Balaban J connectivity index is 1.76. The van der Waals surface area contributed by atoms with Crippen LogP contribution in [0.4, 0.5) is 5.69 Å². The highest BCUT2D eigenvalue weighted by molar-refractivity contribution is 7.92. The fourth-order valence-corrected chi connectivity index (χ4v) is 5.21. The highest BCUT2D eigenvalue weighted by Gasteiger charge is 2.26. The zero-order valence-corrected chi connectivity index (χ0v) is 19.1. The Hall–Kier alpha value is -2.74. The summed E-state index contributed by atoms with van der Waals surface area (Å²) in [6.07, 6.45) is 1.48. The molecule has 0 aromatic heterocycles. The van der Waals surface area contributed by atoms with E-state index in [-0.39, 0.29) is 17.7 Å². The van der Waals surface area contributed by atoms with Crippen LogP contribution in [0.15, 0.2) is 42.5 Å². The lowest BCUT2D eigenvalue weighted by Crippen LogP contribution is -2.38. The zero-order chi connectivity index (χ0) is 22.4. The van der Waals surface area contributed by atoms with Crippen LogP contribution in [0, 0.1) is 0 Å². The van der Waals surface area contributed by atoms with Crippen molar-refractivity contribution < 1.29 is 22.7 Å². The highest BCUT2D eigenvalue weighted by Crippen LogP contribution is 2.31. The van der Waals surface area contributed by atoms with E-state index in [9.17, 15) is 13.2 Å². The van der Waals surface area contributed by atoms with Crippen LogP contribution in [-0.4, -0.2) is 39.8 Å². The summed E-state index contributed by atoms with van der Waals surface area (Å²) in [5.74, 6) is 1.18. The average Bonchev–Trinajstić information content (AvgIpc) is 2.75. The normalized spacial score (nSPS) is 16.4. The molecule has 0 unspecified atom stereocenters. The molecule has 8 heteroatoms. The predicted octanol–water partition coefficient (Wildman–Crippen LogP) is 3.91. The monoisotopic (exact) mass is 446 g/mol. The molecule has 2 aromatic rings. The van der Waals surface area contributed by atoms with Crippen molar-refractivity contribution in [3.8, 4) is 11.5 Å². The Labute approximate surface area is 184 Å². The standard InChI is InChI=1S/C23H30N2O5S/c1-4-29-21-12-11-18(16-22(21)30-5-2)17(3)24-23(26)19-9-8-10-20(15-19)25-13-6-7-14-31(25,27)28/h8-12,15-17H,4-7,13-14H2,1-3H3,(H,24,26)/t17-/m1/s1. The molecule has 31 heavy (non-hydrogen) atoms. The van der Waals surface area contributed by atoms with Gasteiger partial charge in [-0.25, -0.2) is 8.42 Å². The molecule has 168 valence electrons. The number of sulfonamides is 1. The highest BCUT2D eigenvalue weighted by atomic mass is 32.2. The first-order chi connectivity index (χ1) is 14.9. The van der Waals surface area contributed by atoms with Gasteiger partial charge in [-0.3, -0.25) is 9.10 Å². The second-order valence-electron chi connectivity index (χ2n) is 7.41. The number of hydrogen-bond acceptors (Lipinski definition) is 5. The van der Waals surface area contributed by atoms with Gasteiger partial charge in [-0.05, 0) is 69.5 Å². The fourth-order valence-electron chi connectivity index (χ4n) is 3.58. The molecule has 0 bridgehead atoms. The van der Waals surface area contributed by atoms with Crippen molar-refractivity contribution >= 4 is 21.6 Å². The Kier molecular flexibility index (Phi) is 7.43. The van der Waals surface area contributed by atoms with Crippen molar-refractivity contribution in [2.24, 2.45) is 0 Å². The van der Waals surface area contributed by atoms with Gasteiger partial charge < -0.3 is 14.8 Å². The molecule has 1 N–H and O–H groups in total. The number of carbonyl (C=O) groups excluding carboxylic acids is 1. The topological polar surface area (TPSA) is 84.9 Å². The van der Waals surface area contributed by atoms with Gasteiger partial charge in [-0.15, -0.1) is 0 Å². The van der Waals surface area contributed by atoms with Crippen LogP contribution in [0.5, 0.6) is 11.5 Å². The summed E-state index contributed by atoms with van der Waals surface area (Å²) in [4.78, 5) is 12.9. The van der Waals surface area contributed by atoms with Crippen molar-refractivity contribution in [2.45, 2.75) is 39.7 Å². The summed E-state index contributed by atoms with van der Waals surface area (Å²) in [7, 11) is -3.33. The molecule has 0 radical (unpaired) electrons. The zero-order valence-electron chi connectivity index (χ0n) is 18.3. The molecule has 1 amide bonds. The van der Waals surface area contributed by atoms with Gasteiger partial charge in [0.25, 0.3) is 5.91 Å². The number of amides is 1. The smallest absolute Gasteiger partial charge is 0.251 e. The second-order valence-corrected chi connectivity index (χ2v) is 9.43. The van der Waals surface area contributed by atoms with Gasteiger partial charge in [0.15, 0.2) is 11.5 Å². The maximum Gasteiger partial charge on any atom is 0.251 e. The molecule has 1 fully saturated rings. The summed E-state index contributed by atoms with van der Waals surface area (Å²) in [5, 5.41) is 2.98. The van der Waals surface area contributed by atoms with Gasteiger partial charge >= 0.3 is 0 Å². The number of nitrogens with zero attached hydrogens (tertiary/aromatic N) is 1. The van der Waals surface area contributed by atoms with Gasteiger partial charge in [-0.2, -0.15) is 0 Å². The first-order valence-electron chi connectivity index (χ1n) is 10.7. The number of carbonyl (C=O) groups is 1. The third-order valence-electron chi connectivity index (χ3n) is 5.16. The molecule has 1 aliphatic rings. The van der Waals surface area contributed by atoms with Crippen molar-refractivity contribution in [3.63, 3.8) is 0 Å². The van der Waals surface area contributed by atoms with Crippen molar-refractivity contribution in [1.82, 2.24) is 5.32 Å². The minimum Gasteiger partial charge on any atom is -0.490 e. The summed E-state index contributed by atoms with van der Waals surface area (Å²) < 4.78 is 37.4. The van der Waals surface area contributed by atoms with Crippen LogP contribution >= 0.6 is 0 Å². The maximum absolute atomic E-state index is 12.9. The molecule has 1 saturated heterocycles. The van der Waals surface area contributed by atoms with E-state index in [1.54, 1.807) is 24.3 Å². The quantitative estimate of drug-likeness (QED) is 0.665. The van der Waals surface area contributed by atoms with Crippen molar-refractivity contribution in [2.75, 3.05) is 29.8 Å². The largest absolute Gasteiger partial charge is 0.490 e. The lowest BCUT2D eigenvalue weighted by molar-refractivity contribution is 0.0939. The number of hydrogen-bond donors (Lipinski definition) is 1. The fraction of sp³-hybridized carbons (Fsp3) is 0.435. The van der Waals surface area contributed by atoms with E-state index < -0.39 is 10.0 Å². The van der Waals surface area contributed by atoms with Gasteiger partial charge in [-0.1, -0.05) is 12.1 Å². The SMILES string of the molecule is CCOc1ccc([C@@H](C)NC(=O)c2cccc(N3CCCCS3(=O)=O)c2)cc1OCC. The molecule has 7 nitrogen and oxygen atoms in total. The van der Waals surface area contributed by atoms with Gasteiger partial charge in [0.2, 0.25) is 10.0 Å². The molecule has 0 aliphatic carbocycles. The molecular formula is C23H30N2O5S. The first-order valence-corrected chi connectivity index (χ1v) is 12.3. The van der Waals surface area contributed by atoms with Crippen LogP contribution in [-0.2, 0) is 10.0 Å². The van der Waals surface area contributed by atoms with E-state index in [1.807, 2.05) is 39.0 Å². The van der Waals surface area contributed by atoms with Crippen molar-refractivity contribution in [3.05, 3.63) is 53.6 Å². The lowest BCUT2D eigenvalue weighted by atomic mass is 10.1. The molecular weight excluding hydrogens is 416 g/mol. The first kappa shape index (κ1) is 22.9. The van der Waals surface area contributed by atoms with Gasteiger partial charge in [0.05, 0.1) is 30.7 Å². The summed E-state index contributed by atoms with van der Waals surface area (Å²) in [6, 6.07) is 12.1. The Morgan fingerprint density at radius 2 is 1.81 bits per heavy atom. The van der Waals surface area contributed by atoms with E-state index in [2.05, 4.69) is 5.32 Å². The third kappa shape index (κ3) is 5.50. The van der Waals surface area contributed by atoms with E-state index in [0.717, 1.165) is 12.0 Å². The van der Waals surface area contributed by atoms with Crippen LogP contribution < -0.4 is 19.1 Å². The number of nitrogens with one attached hydrogen (secondary N) is 1. The number of benzene rings is 2. The van der Waals surface area contributed by atoms with Gasteiger partial charge in [0, 0.05) is 12.1 Å². The molecule has 0 saturated carbocycles. The van der Waals surface area contributed by atoms with E-state index >= 15 is 0 Å². The van der Waals surface area contributed by atoms with E-state index in [0.29, 0.717) is 48.9 Å². The Bertz CT molecular complexity index is 1020. The predicted molar refractivity (Wildman–Crippen MR) is 121 cm³/mol. The van der Waals surface area contributed by atoms with Crippen LogP contribution in [0.3, 0.4) is 0 Å². The van der Waals surface area contributed by atoms with Gasteiger partial charge in [0.1, 0.15) is 0 Å². The Morgan fingerprint density at radius 3 is 2.52 bits per heavy atom. The number of anilines is 1. The maximum atomic E-state index is 12.9. The Morgan fingerprint density at radius 1 is 1.06 bits per heavy atom. The van der Waals surface area contributed by atoms with Crippen LogP contribution in [0.25, 0.3) is 0 Å². The van der Waals surface area contributed by atoms with Crippen LogP contribution in [0.2, 0.25) is 0 Å². The molecule has 1 heterocycles. The lowest BCUT2D eigenvalue weighted by Gasteiger charge is -2.28. The molecule has 3 rings (SSSR count). The summed E-state index contributed by atoms with van der Waals surface area (Å²) in [5.41, 5.74) is 1.83.